The molecule has 2 rings (SSSR count). The van der Waals surface area contributed by atoms with Crippen molar-refractivity contribution in [2.45, 2.75) is 39.5 Å². The van der Waals surface area contributed by atoms with Gasteiger partial charge >= 0.3 is 0 Å². The number of halogens is 3. The second-order valence-electron chi connectivity index (χ2n) is 5.86. The van der Waals surface area contributed by atoms with E-state index in [1.807, 2.05) is 11.7 Å². The average Bonchev–Trinajstić information content (AvgIpc) is 2.63. The van der Waals surface area contributed by atoms with Crippen molar-refractivity contribution in [2.24, 2.45) is 0 Å². The van der Waals surface area contributed by atoms with Gasteiger partial charge in [-0.05, 0) is 32.6 Å². The topological polar surface area (TPSA) is 40.6 Å². The first kappa shape index (κ1) is 22.9. The summed E-state index contributed by atoms with van der Waals surface area (Å²) in [6.07, 6.45) is 3.97. The highest BCUT2D eigenvalue weighted by atomic mass is 19.2. The smallest absolute Gasteiger partial charge is 0.209 e. The molecule has 1 aromatic carbocycles. The zero-order valence-electron chi connectivity index (χ0n) is 15.4. The number of benzene rings is 1. The van der Waals surface area contributed by atoms with Crippen LogP contribution in [0.4, 0.5) is 18.9 Å². The molecule has 1 aromatic rings. The van der Waals surface area contributed by atoms with E-state index in [1.54, 1.807) is 21.0 Å². The predicted molar refractivity (Wildman–Crippen MR) is 93.4 cm³/mol. The van der Waals surface area contributed by atoms with E-state index in [2.05, 4.69) is 0 Å². The SMILES string of the molecule is C=O.CCc1c(F)c(F)c(C)c(N2CCCCC2)c1F.CN(C)C=O. The summed E-state index contributed by atoms with van der Waals surface area (Å²) in [6, 6.07) is 0. The molecule has 0 saturated carbocycles. The number of carbonyl (C=O) groups excluding carboxylic acids is 2. The predicted octanol–water partition coefficient (Wildman–Crippen LogP) is 3.48. The van der Waals surface area contributed by atoms with E-state index in [1.165, 1.54) is 11.8 Å². The molecule has 1 fully saturated rings. The van der Waals surface area contributed by atoms with Crippen LogP contribution in [0, 0.1) is 24.4 Å². The lowest BCUT2D eigenvalue weighted by molar-refractivity contribution is -0.115. The van der Waals surface area contributed by atoms with Crippen molar-refractivity contribution >= 4 is 18.9 Å². The molecule has 1 amide bonds. The highest BCUT2D eigenvalue weighted by Crippen LogP contribution is 2.33. The second kappa shape index (κ2) is 11.5. The number of carbonyl (C=O) groups is 2. The van der Waals surface area contributed by atoms with Crippen molar-refractivity contribution in [3.05, 3.63) is 28.6 Å². The quantitative estimate of drug-likeness (QED) is 0.612. The number of hydrogen-bond donors (Lipinski definition) is 0. The Kier molecular flexibility index (Phi) is 10.6. The minimum Gasteiger partial charge on any atom is -0.369 e. The molecule has 7 heteroatoms. The fourth-order valence-corrected chi connectivity index (χ4v) is 2.61. The number of amides is 1. The Morgan fingerprint density at radius 3 is 1.92 bits per heavy atom. The van der Waals surface area contributed by atoms with Crippen LogP contribution in [0.5, 0.6) is 0 Å². The maximum absolute atomic E-state index is 14.3. The third-order valence-corrected chi connectivity index (χ3v) is 3.85. The molecular weight excluding hydrogens is 333 g/mol. The maximum atomic E-state index is 14.3. The summed E-state index contributed by atoms with van der Waals surface area (Å²) in [6.45, 7) is 6.51. The van der Waals surface area contributed by atoms with Crippen molar-refractivity contribution < 1.29 is 22.8 Å². The molecule has 4 nitrogen and oxygen atoms in total. The molecule has 0 radical (unpaired) electrons. The zero-order valence-corrected chi connectivity index (χ0v) is 15.4. The van der Waals surface area contributed by atoms with Crippen molar-refractivity contribution in [2.75, 3.05) is 32.1 Å². The lowest BCUT2D eigenvalue weighted by Crippen LogP contribution is -2.31. The van der Waals surface area contributed by atoms with Gasteiger partial charge < -0.3 is 14.6 Å². The summed E-state index contributed by atoms with van der Waals surface area (Å²) in [4.78, 5) is 20.7. The van der Waals surface area contributed by atoms with E-state index in [9.17, 15) is 18.0 Å². The van der Waals surface area contributed by atoms with Crippen molar-refractivity contribution in [1.82, 2.24) is 4.90 Å². The van der Waals surface area contributed by atoms with Crippen LogP contribution in [-0.4, -0.2) is 45.3 Å². The third-order valence-electron chi connectivity index (χ3n) is 3.85. The molecule has 25 heavy (non-hydrogen) atoms. The van der Waals surface area contributed by atoms with Crippen LogP contribution in [0.15, 0.2) is 0 Å². The lowest BCUT2D eigenvalue weighted by Gasteiger charge is -2.31. The van der Waals surface area contributed by atoms with E-state index >= 15 is 0 Å². The van der Waals surface area contributed by atoms with Gasteiger partial charge in [-0.3, -0.25) is 4.79 Å². The van der Waals surface area contributed by atoms with E-state index in [-0.39, 0.29) is 23.2 Å². The normalized spacial score (nSPS) is 13.2. The zero-order chi connectivity index (χ0) is 19.6. The number of anilines is 1. The van der Waals surface area contributed by atoms with Crippen molar-refractivity contribution in [3.8, 4) is 0 Å². The highest BCUT2D eigenvalue weighted by molar-refractivity contribution is 5.58. The van der Waals surface area contributed by atoms with Gasteiger partial charge in [-0.25, -0.2) is 13.2 Å². The number of rotatable bonds is 3. The standard InChI is InChI=1S/C14H18F3N.C3H7NO.CH2O/c1-3-10-12(16)11(15)9(2)14(13(10)17)18-7-5-4-6-8-18;1-4(2)3-5;1-2/h3-8H2,1-2H3;3H,1-2H3;1H2. The Hall–Kier alpha value is -2.05. The maximum Gasteiger partial charge on any atom is 0.209 e. The number of hydrogen-bond acceptors (Lipinski definition) is 3. The molecule has 1 aliphatic rings. The van der Waals surface area contributed by atoms with E-state index < -0.39 is 17.5 Å². The summed E-state index contributed by atoms with van der Waals surface area (Å²) >= 11 is 0. The van der Waals surface area contributed by atoms with E-state index in [4.69, 9.17) is 4.79 Å². The monoisotopic (exact) mass is 360 g/mol. The molecular formula is C18H27F3N2O2. The lowest BCUT2D eigenvalue weighted by atomic mass is 10.0. The first-order valence-electron chi connectivity index (χ1n) is 8.16. The Morgan fingerprint density at radius 1 is 1.04 bits per heavy atom. The Morgan fingerprint density at radius 2 is 1.52 bits per heavy atom. The molecule has 0 N–H and O–H groups in total. The molecule has 0 spiro atoms. The minimum atomic E-state index is -1.03. The van der Waals surface area contributed by atoms with Gasteiger partial charge in [0, 0.05) is 38.3 Å². The van der Waals surface area contributed by atoms with Crippen LogP contribution in [0.2, 0.25) is 0 Å². The van der Waals surface area contributed by atoms with Gasteiger partial charge in [0.1, 0.15) is 6.79 Å². The van der Waals surface area contributed by atoms with Gasteiger partial charge in [-0.15, -0.1) is 0 Å². The summed E-state index contributed by atoms with van der Waals surface area (Å²) in [5.41, 5.74) is 0.202. The van der Waals surface area contributed by atoms with Gasteiger partial charge in [0.25, 0.3) is 0 Å². The van der Waals surface area contributed by atoms with E-state index in [0.717, 1.165) is 25.7 Å². The van der Waals surface area contributed by atoms with Crippen LogP contribution in [0.25, 0.3) is 0 Å². The Bertz CT molecular complexity index is 560. The molecule has 0 unspecified atom stereocenters. The van der Waals surface area contributed by atoms with Gasteiger partial charge in [0.15, 0.2) is 17.5 Å². The Balaban J connectivity index is 0.000000710. The first-order valence-corrected chi connectivity index (χ1v) is 8.16. The molecule has 1 aliphatic heterocycles. The summed E-state index contributed by atoms with van der Waals surface area (Å²) in [7, 11) is 3.38. The molecule has 0 atom stereocenters. The molecule has 1 saturated heterocycles. The summed E-state index contributed by atoms with van der Waals surface area (Å²) < 4.78 is 41.8. The van der Waals surface area contributed by atoms with Crippen LogP contribution in [0.1, 0.15) is 37.3 Å². The molecule has 0 aromatic heterocycles. The fraction of sp³-hybridized carbons (Fsp3) is 0.556. The van der Waals surface area contributed by atoms with Gasteiger partial charge in [0.05, 0.1) is 5.69 Å². The molecule has 0 bridgehead atoms. The average molecular weight is 360 g/mol. The van der Waals surface area contributed by atoms with Gasteiger partial charge in [-0.1, -0.05) is 6.92 Å². The van der Waals surface area contributed by atoms with Crippen LogP contribution in [-0.2, 0) is 16.0 Å². The molecule has 142 valence electrons. The number of piperidine rings is 1. The fourth-order valence-electron chi connectivity index (χ4n) is 2.61. The minimum absolute atomic E-state index is 0.0871. The van der Waals surface area contributed by atoms with Crippen molar-refractivity contribution in [1.29, 1.82) is 0 Å². The van der Waals surface area contributed by atoms with Crippen LogP contribution in [0.3, 0.4) is 0 Å². The number of nitrogens with zero attached hydrogens (tertiary/aromatic N) is 2. The first-order chi connectivity index (χ1) is 11.8. The van der Waals surface area contributed by atoms with Crippen LogP contribution >= 0.6 is 0 Å². The summed E-state index contributed by atoms with van der Waals surface area (Å²) in [5, 5.41) is 0. The van der Waals surface area contributed by atoms with Crippen LogP contribution < -0.4 is 4.90 Å². The molecule has 1 heterocycles. The summed E-state index contributed by atoms with van der Waals surface area (Å²) in [5.74, 6) is -2.53. The molecule has 0 aliphatic carbocycles. The van der Waals surface area contributed by atoms with Gasteiger partial charge in [0.2, 0.25) is 6.41 Å². The van der Waals surface area contributed by atoms with Crippen molar-refractivity contribution in [3.63, 3.8) is 0 Å². The third kappa shape index (κ3) is 6.07. The van der Waals surface area contributed by atoms with Gasteiger partial charge in [-0.2, -0.15) is 0 Å². The largest absolute Gasteiger partial charge is 0.369 e. The highest BCUT2D eigenvalue weighted by Gasteiger charge is 2.25. The van der Waals surface area contributed by atoms with E-state index in [0.29, 0.717) is 13.1 Å². The second-order valence-corrected chi connectivity index (χ2v) is 5.86. The Labute approximate surface area is 147 Å².